The van der Waals surface area contributed by atoms with Gasteiger partial charge < -0.3 is 4.90 Å². The van der Waals surface area contributed by atoms with Crippen molar-refractivity contribution in [2.45, 2.75) is 65.5 Å². The number of fused-ring (bicyclic) bond motifs is 4. The first-order valence-corrected chi connectivity index (χ1v) is 10.0. The second kappa shape index (κ2) is 8.16. The molecule has 0 aromatic heterocycles. The summed E-state index contributed by atoms with van der Waals surface area (Å²) in [6.07, 6.45) is 5.73. The topological polar surface area (TPSA) is 6.48 Å². The van der Waals surface area contributed by atoms with Gasteiger partial charge in [0.05, 0.1) is 0 Å². The SMILES string of the molecule is CC(C)N(CCSC(=S)N1CC2CCC(CC2)C1)C(C)C. The van der Waals surface area contributed by atoms with Crippen molar-refractivity contribution in [3.05, 3.63) is 0 Å². The number of hydrogen-bond acceptors (Lipinski definition) is 3. The fourth-order valence-electron chi connectivity index (χ4n) is 3.89. The van der Waals surface area contributed by atoms with E-state index in [9.17, 15) is 0 Å². The minimum atomic E-state index is 0.619. The predicted molar refractivity (Wildman–Crippen MR) is 99.1 cm³/mol. The molecule has 2 heterocycles. The van der Waals surface area contributed by atoms with E-state index < -0.39 is 0 Å². The normalized spacial score (nSPS) is 26.0. The van der Waals surface area contributed by atoms with Gasteiger partial charge in [-0.2, -0.15) is 0 Å². The van der Waals surface area contributed by atoms with Gasteiger partial charge in [0, 0.05) is 37.5 Å². The molecule has 21 heavy (non-hydrogen) atoms. The summed E-state index contributed by atoms with van der Waals surface area (Å²) in [5.41, 5.74) is 0. The van der Waals surface area contributed by atoms with E-state index in [0.717, 1.165) is 28.5 Å². The van der Waals surface area contributed by atoms with Gasteiger partial charge in [0.1, 0.15) is 4.32 Å². The first-order valence-electron chi connectivity index (χ1n) is 8.64. The Hall–Kier alpha value is 0.200. The van der Waals surface area contributed by atoms with E-state index in [0.29, 0.717) is 12.1 Å². The lowest BCUT2D eigenvalue weighted by atomic mass is 9.84. The molecule has 1 aliphatic carbocycles. The molecule has 2 nitrogen and oxygen atoms in total. The quantitative estimate of drug-likeness (QED) is 0.696. The van der Waals surface area contributed by atoms with Crippen LogP contribution in [0.25, 0.3) is 0 Å². The lowest BCUT2D eigenvalue weighted by molar-refractivity contribution is 0.187. The van der Waals surface area contributed by atoms with E-state index in [4.69, 9.17) is 12.2 Å². The number of hydrogen-bond donors (Lipinski definition) is 0. The summed E-state index contributed by atoms with van der Waals surface area (Å²) in [6.45, 7) is 12.7. The Morgan fingerprint density at radius 2 is 1.52 bits per heavy atom. The Kier molecular flexibility index (Phi) is 6.82. The highest BCUT2D eigenvalue weighted by atomic mass is 32.2. The van der Waals surface area contributed by atoms with Crippen LogP contribution < -0.4 is 0 Å². The number of thioether (sulfide) groups is 1. The Morgan fingerprint density at radius 1 is 1.05 bits per heavy atom. The van der Waals surface area contributed by atoms with Crippen molar-refractivity contribution in [3.63, 3.8) is 0 Å². The lowest BCUT2D eigenvalue weighted by Crippen LogP contribution is -2.39. The van der Waals surface area contributed by atoms with Crippen molar-refractivity contribution in [2.24, 2.45) is 11.8 Å². The molecule has 0 aromatic carbocycles. The fourth-order valence-corrected chi connectivity index (χ4v) is 5.09. The van der Waals surface area contributed by atoms with Crippen molar-refractivity contribution < 1.29 is 0 Å². The number of nitrogens with zero attached hydrogens (tertiary/aromatic N) is 2. The van der Waals surface area contributed by atoms with Crippen LogP contribution in [0, 0.1) is 11.8 Å². The fraction of sp³-hybridized carbons (Fsp3) is 0.941. The summed E-state index contributed by atoms with van der Waals surface area (Å²) in [5.74, 6) is 2.94. The van der Waals surface area contributed by atoms with Gasteiger partial charge >= 0.3 is 0 Å². The van der Waals surface area contributed by atoms with Crippen molar-refractivity contribution in [1.29, 1.82) is 0 Å². The summed E-state index contributed by atoms with van der Waals surface area (Å²) in [6, 6.07) is 1.24. The average molecular weight is 329 g/mol. The van der Waals surface area contributed by atoms with Gasteiger partial charge in [-0.1, -0.05) is 24.0 Å². The molecule has 122 valence electrons. The second-order valence-corrected chi connectivity index (χ2v) is 9.06. The van der Waals surface area contributed by atoms with Crippen LogP contribution in [0.4, 0.5) is 0 Å². The first kappa shape index (κ1) is 17.6. The summed E-state index contributed by atoms with van der Waals surface area (Å²) < 4.78 is 1.15. The van der Waals surface area contributed by atoms with Crippen LogP contribution in [-0.4, -0.2) is 51.6 Å². The first-order chi connectivity index (χ1) is 9.97. The van der Waals surface area contributed by atoms with Gasteiger partial charge in [0.15, 0.2) is 0 Å². The third-order valence-electron chi connectivity index (χ3n) is 5.08. The molecular formula is C17H32N2S2. The molecule has 0 unspecified atom stereocenters. The summed E-state index contributed by atoms with van der Waals surface area (Å²) in [5, 5.41) is 0. The van der Waals surface area contributed by atoms with Crippen molar-refractivity contribution in [2.75, 3.05) is 25.4 Å². The van der Waals surface area contributed by atoms with Crippen molar-refractivity contribution in [3.8, 4) is 0 Å². The minimum absolute atomic E-state index is 0.619. The molecule has 3 aliphatic rings. The molecule has 3 fully saturated rings. The van der Waals surface area contributed by atoms with E-state index in [1.165, 1.54) is 38.8 Å². The third kappa shape index (κ3) is 5.11. The van der Waals surface area contributed by atoms with Gasteiger partial charge in [-0.3, -0.25) is 4.90 Å². The molecule has 0 aromatic rings. The zero-order chi connectivity index (χ0) is 15.4. The summed E-state index contributed by atoms with van der Waals surface area (Å²) in [7, 11) is 0. The monoisotopic (exact) mass is 328 g/mol. The van der Waals surface area contributed by atoms with E-state index in [1.54, 1.807) is 0 Å². The van der Waals surface area contributed by atoms with Crippen LogP contribution in [-0.2, 0) is 0 Å². The zero-order valence-electron chi connectivity index (χ0n) is 14.2. The van der Waals surface area contributed by atoms with Gasteiger partial charge in [-0.25, -0.2) is 0 Å². The van der Waals surface area contributed by atoms with Crippen LogP contribution in [0.15, 0.2) is 0 Å². The van der Waals surface area contributed by atoms with Gasteiger partial charge in [0.25, 0.3) is 0 Å². The molecule has 0 radical (unpaired) electrons. The lowest BCUT2D eigenvalue weighted by Gasteiger charge is -2.31. The number of rotatable bonds is 5. The average Bonchev–Trinajstić information content (AvgIpc) is 2.76. The van der Waals surface area contributed by atoms with Gasteiger partial charge in [0.2, 0.25) is 0 Å². The smallest absolute Gasteiger partial charge is 0.136 e. The van der Waals surface area contributed by atoms with E-state index in [2.05, 4.69) is 37.5 Å². The molecule has 0 atom stereocenters. The number of thiocarbonyl (C=S) groups is 1. The maximum atomic E-state index is 5.72. The standard InChI is InChI=1S/C17H32N2S2/c1-13(2)19(14(3)4)9-10-21-17(20)18-11-15-5-6-16(12-18)8-7-15/h13-16H,5-12H2,1-4H3. The molecule has 0 spiro atoms. The predicted octanol–water partition coefficient (Wildman–Crippen LogP) is 4.25. The van der Waals surface area contributed by atoms with Crippen LogP contribution in [0.1, 0.15) is 53.4 Å². The molecule has 3 rings (SSSR count). The second-order valence-electron chi connectivity index (χ2n) is 7.33. The van der Waals surface area contributed by atoms with Crippen molar-refractivity contribution in [1.82, 2.24) is 9.80 Å². The minimum Gasteiger partial charge on any atom is -0.357 e. The van der Waals surface area contributed by atoms with Crippen LogP contribution in [0.2, 0.25) is 0 Å². The molecule has 4 heteroatoms. The Balaban J connectivity index is 1.76. The van der Waals surface area contributed by atoms with Gasteiger partial charge in [-0.05, 0) is 65.2 Å². The molecular weight excluding hydrogens is 296 g/mol. The Labute approximate surface area is 141 Å². The molecule has 1 saturated carbocycles. The Bertz CT molecular complexity index is 314. The molecule has 0 amide bonds. The van der Waals surface area contributed by atoms with E-state index in [1.807, 2.05) is 11.8 Å². The van der Waals surface area contributed by atoms with Crippen LogP contribution in [0.5, 0.6) is 0 Å². The molecule has 2 aliphatic heterocycles. The molecule has 2 bridgehead atoms. The molecule has 0 N–H and O–H groups in total. The van der Waals surface area contributed by atoms with Crippen molar-refractivity contribution >= 4 is 28.3 Å². The summed E-state index contributed by atoms with van der Waals surface area (Å²) in [4.78, 5) is 5.08. The van der Waals surface area contributed by atoms with Crippen LogP contribution >= 0.6 is 24.0 Å². The van der Waals surface area contributed by atoms with E-state index in [-0.39, 0.29) is 0 Å². The summed E-state index contributed by atoms with van der Waals surface area (Å²) >= 11 is 7.62. The highest BCUT2D eigenvalue weighted by Gasteiger charge is 2.30. The van der Waals surface area contributed by atoms with E-state index >= 15 is 0 Å². The maximum Gasteiger partial charge on any atom is 0.136 e. The third-order valence-corrected chi connectivity index (χ3v) is 6.59. The maximum absolute atomic E-state index is 5.72. The van der Waals surface area contributed by atoms with Crippen LogP contribution in [0.3, 0.4) is 0 Å². The largest absolute Gasteiger partial charge is 0.357 e. The Morgan fingerprint density at radius 3 is 1.95 bits per heavy atom. The highest BCUT2D eigenvalue weighted by molar-refractivity contribution is 8.22. The zero-order valence-corrected chi connectivity index (χ0v) is 15.8. The molecule has 2 saturated heterocycles. The van der Waals surface area contributed by atoms with Gasteiger partial charge in [-0.15, -0.1) is 0 Å². The highest BCUT2D eigenvalue weighted by Crippen LogP contribution is 2.34.